The van der Waals surface area contributed by atoms with Crippen LogP contribution in [-0.4, -0.2) is 11.5 Å². The van der Waals surface area contributed by atoms with Crippen molar-refractivity contribution in [3.63, 3.8) is 0 Å². The summed E-state index contributed by atoms with van der Waals surface area (Å²) in [5, 5.41) is 4.01. The van der Waals surface area contributed by atoms with Crippen LogP contribution in [0, 0.1) is 4.91 Å². The van der Waals surface area contributed by atoms with Crippen LogP contribution >= 0.6 is 0 Å². The average Bonchev–Trinajstić information content (AvgIpc) is 2.57. The molecule has 0 saturated heterocycles. The van der Waals surface area contributed by atoms with Crippen molar-refractivity contribution in [2.45, 2.75) is 6.42 Å². The zero-order valence-electron chi connectivity index (χ0n) is 7.16. The van der Waals surface area contributed by atoms with Crippen molar-refractivity contribution in [3.8, 4) is 0 Å². The predicted octanol–water partition coefficient (Wildman–Crippen LogP) is 2.48. The molecule has 66 valence electrons. The Morgan fingerprint density at radius 3 is 2.92 bits per heavy atom. The van der Waals surface area contributed by atoms with E-state index in [1.165, 1.54) is 5.39 Å². The molecule has 0 saturated carbocycles. The Balaban J connectivity index is 2.32. The number of hydrogen-bond donors (Lipinski definition) is 1. The lowest BCUT2D eigenvalue weighted by atomic mass is 10.2. The first-order valence-corrected chi connectivity index (χ1v) is 4.26. The lowest BCUT2D eigenvalue weighted by molar-refractivity contribution is 0.933. The fourth-order valence-electron chi connectivity index (χ4n) is 1.43. The molecule has 0 radical (unpaired) electrons. The summed E-state index contributed by atoms with van der Waals surface area (Å²) < 4.78 is 0. The van der Waals surface area contributed by atoms with E-state index in [0.717, 1.165) is 11.2 Å². The number of para-hydroxylation sites is 1. The van der Waals surface area contributed by atoms with Crippen molar-refractivity contribution in [2.75, 3.05) is 6.54 Å². The van der Waals surface area contributed by atoms with Gasteiger partial charge >= 0.3 is 0 Å². The minimum atomic E-state index is 0.340. The summed E-state index contributed by atoms with van der Waals surface area (Å²) in [4.78, 5) is 13.2. The molecule has 2 aromatic rings. The summed E-state index contributed by atoms with van der Waals surface area (Å²) in [6.07, 6.45) is 0.693. The van der Waals surface area contributed by atoms with E-state index in [-0.39, 0.29) is 0 Å². The minimum absolute atomic E-state index is 0.340. The van der Waals surface area contributed by atoms with Crippen molar-refractivity contribution in [1.82, 2.24) is 4.98 Å². The van der Waals surface area contributed by atoms with Gasteiger partial charge in [-0.1, -0.05) is 23.4 Å². The summed E-state index contributed by atoms with van der Waals surface area (Å²) in [5.74, 6) is 0. The standard InChI is InChI=1S/C10H10N2O/c13-11-6-5-9-7-8-3-1-2-4-10(8)12-9/h1-4,7,12H,5-6H2. The zero-order valence-corrected chi connectivity index (χ0v) is 7.16. The Bertz CT molecular complexity index is 387. The van der Waals surface area contributed by atoms with Gasteiger partial charge in [0, 0.05) is 17.6 Å². The Hall–Kier alpha value is -1.64. The van der Waals surface area contributed by atoms with Gasteiger partial charge in [0.1, 0.15) is 0 Å². The van der Waals surface area contributed by atoms with Gasteiger partial charge in [-0.05, 0) is 17.5 Å². The Kier molecular flexibility index (Phi) is 2.08. The third kappa shape index (κ3) is 1.59. The van der Waals surface area contributed by atoms with Crippen LogP contribution in [0.5, 0.6) is 0 Å². The van der Waals surface area contributed by atoms with Gasteiger partial charge in [-0.2, -0.15) is 4.91 Å². The molecular formula is C10H10N2O. The molecule has 0 aliphatic carbocycles. The van der Waals surface area contributed by atoms with E-state index in [2.05, 4.69) is 16.2 Å². The molecule has 0 bridgehead atoms. The van der Waals surface area contributed by atoms with Crippen LogP contribution in [0.3, 0.4) is 0 Å². The maximum absolute atomic E-state index is 9.93. The fourth-order valence-corrected chi connectivity index (χ4v) is 1.43. The molecule has 0 unspecified atom stereocenters. The lowest BCUT2D eigenvalue weighted by Crippen LogP contribution is -1.87. The summed E-state index contributed by atoms with van der Waals surface area (Å²) in [5.41, 5.74) is 2.18. The number of nitrogens with one attached hydrogen (secondary N) is 1. The SMILES string of the molecule is O=NCCc1cc2ccccc2[nH]1. The number of benzene rings is 1. The van der Waals surface area contributed by atoms with E-state index in [1.807, 2.05) is 24.3 Å². The van der Waals surface area contributed by atoms with E-state index in [0.29, 0.717) is 13.0 Å². The molecule has 0 aliphatic rings. The van der Waals surface area contributed by atoms with Gasteiger partial charge in [-0.3, -0.25) is 0 Å². The Morgan fingerprint density at radius 2 is 2.15 bits per heavy atom. The molecule has 0 atom stereocenters. The summed E-state index contributed by atoms with van der Waals surface area (Å²) in [6, 6.07) is 10.1. The third-order valence-corrected chi connectivity index (χ3v) is 2.06. The van der Waals surface area contributed by atoms with Gasteiger partial charge in [0.15, 0.2) is 0 Å². The molecule has 1 aromatic carbocycles. The molecule has 3 nitrogen and oxygen atoms in total. The topological polar surface area (TPSA) is 45.2 Å². The van der Waals surface area contributed by atoms with E-state index in [1.54, 1.807) is 0 Å². The third-order valence-electron chi connectivity index (χ3n) is 2.06. The normalized spacial score (nSPS) is 10.5. The first kappa shape index (κ1) is 7.98. The highest BCUT2D eigenvalue weighted by molar-refractivity contribution is 5.80. The number of fused-ring (bicyclic) bond motifs is 1. The van der Waals surface area contributed by atoms with Crippen molar-refractivity contribution in [3.05, 3.63) is 40.9 Å². The highest BCUT2D eigenvalue weighted by Gasteiger charge is 1.98. The second-order valence-electron chi connectivity index (χ2n) is 2.98. The smallest absolute Gasteiger partial charge is 0.0865 e. The number of rotatable bonds is 3. The van der Waals surface area contributed by atoms with Gasteiger partial charge in [0.25, 0.3) is 0 Å². The van der Waals surface area contributed by atoms with E-state index >= 15 is 0 Å². The number of hydrogen-bond acceptors (Lipinski definition) is 2. The quantitative estimate of drug-likeness (QED) is 0.714. The highest BCUT2D eigenvalue weighted by Crippen LogP contribution is 2.14. The molecule has 1 aromatic heterocycles. The first-order chi connectivity index (χ1) is 6.40. The van der Waals surface area contributed by atoms with Crippen molar-refractivity contribution >= 4 is 10.9 Å². The van der Waals surface area contributed by atoms with Crippen molar-refractivity contribution in [2.24, 2.45) is 5.18 Å². The van der Waals surface area contributed by atoms with Crippen LogP contribution in [0.4, 0.5) is 0 Å². The van der Waals surface area contributed by atoms with Crippen LogP contribution in [0.15, 0.2) is 35.5 Å². The van der Waals surface area contributed by atoms with Crippen LogP contribution in [0.2, 0.25) is 0 Å². The van der Waals surface area contributed by atoms with Gasteiger partial charge in [-0.15, -0.1) is 0 Å². The largest absolute Gasteiger partial charge is 0.358 e. The van der Waals surface area contributed by atoms with Gasteiger partial charge in [-0.25, -0.2) is 0 Å². The maximum Gasteiger partial charge on any atom is 0.0865 e. The average molecular weight is 174 g/mol. The number of H-pyrrole nitrogens is 1. The van der Waals surface area contributed by atoms with Crippen molar-refractivity contribution in [1.29, 1.82) is 0 Å². The number of nitroso groups, excluding NO2 is 1. The molecule has 0 spiro atoms. The molecular weight excluding hydrogens is 164 g/mol. The summed E-state index contributed by atoms with van der Waals surface area (Å²) >= 11 is 0. The molecule has 0 fully saturated rings. The molecule has 0 amide bonds. The second kappa shape index (κ2) is 3.39. The molecule has 2 rings (SSSR count). The van der Waals surface area contributed by atoms with Gasteiger partial charge in [0.05, 0.1) is 6.54 Å². The zero-order chi connectivity index (χ0) is 9.10. The van der Waals surface area contributed by atoms with Gasteiger partial charge < -0.3 is 4.98 Å². The highest BCUT2D eigenvalue weighted by atomic mass is 16.3. The number of nitrogens with zero attached hydrogens (tertiary/aromatic N) is 1. The molecule has 13 heavy (non-hydrogen) atoms. The predicted molar refractivity (Wildman–Crippen MR) is 52.7 cm³/mol. The molecule has 3 heteroatoms. The van der Waals surface area contributed by atoms with Crippen molar-refractivity contribution < 1.29 is 0 Å². The fraction of sp³-hybridized carbons (Fsp3) is 0.200. The summed E-state index contributed by atoms with van der Waals surface area (Å²) in [6.45, 7) is 0.340. The van der Waals surface area contributed by atoms with E-state index in [4.69, 9.17) is 0 Å². The van der Waals surface area contributed by atoms with Crippen LogP contribution in [0.1, 0.15) is 5.69 Å². The lowest BCUT2D eigenvalue weighted by Gasteiger charge is -1.88. The van der Waals surface area contributed by atoms with E-state index < -0.39 is 0 Å². The summed E-state index contributed by atoms with van der Waals surface area (Å²) in [7, 11) is 0. The minimum Gasteiger partial charge on any atom is -0.358 e. The first-order valence-electron chi connectivity index (χ1n) is 4.26. The van der Waals surface area contributed by atoms with Crippen LogP contribution in [0.25, 0.3) is 10.9 Å². The molecule has 0 aliphatic heterocycles. The van der Waals surface area contributed by atoms with E-state index in [9.17, 15) is 4.91 Å². The second-order valence-corrected chi connectivity index (χ2v) is 2.98. The van der Waals surface area contributed by atoms with Gasteiger partial charge in [0.2, 0.25) is 0 Å². The van der Waals surface area contributed by atoms with Crippen LogP contribution in [-0.2, 0) is 6.42 Å². The number of aromatic nitrogens is 1. The van der Waals surface area contributed by atoms with Crippen LogP contribution < -0.4 is 0 Å². The molecule has 1 heterocycles. The number of aromatic amines is 1. The Labute approximate surface area is 75.7 Å². The maximum atomic E-state index is 9.93. The Morgan fingerprint density at radius 1 is 1.31 bits per heavy atom. The molecule has 1 N–H and O–H groups in total. The monoisotopic (exact) mass is 174 g/mol.